The Kier molecular flexibility index (Phi) is 4.95. The van der Waals surface area contributed by atoms with Crippen molar-refractivity contribution in [2.24, 2.45) is 0 Å². The van der Waals surface area contributed by atoms with Crippen molar-refractivity contribution in [3.05, 3.63) is 58.9 Å². The normalized spacial score (nSPS) is 12.9. The third-order valence-electron chi connectivity index (χ3n) is 4.60. The monoisotopic (exact) mass is 374 g/mol. The maximum atomic E-state index is 13.2. The molecule has 3 rings (SSSR count). The molecule has 2 aromatic carbocycles. The smallest absolute Gasteiger partial charge is 0.388 e. The number of halogens is 3. The van der Waals surface area contributed by atoms with Gasteiger partial charge in [-0.1, -0.05) is 12.1 Å². The third-order valence-corrected chi connectivity index (χ3v) is 4.60. The minimum atomic E-state index is -4.38. The van der Waals surface area contributed by atoms with E-state index in [1.165, 1.54) is 13.0 Å². The predicted octanol–water partition coefficient (Wildman–Crippen LogP) is 5.48. The summed E-state index contributed by atoms with van der Waals surface area (Å²) in [5.41, 5.74) is 1.86. The van der Waals surface area contributed by atoms with E-state index in [-0.39, 0.29) is 11.6 Å². The Hall–Kier alpha value is -2.83. The number of alkyl halides is 3. The van der Waals surface area contributed by atoms with Crippen LogP contribution in [0.15, 0.2) is 36.4 Å². The molecule has 1 heterocycles. The van der Waals surface area contributed by atoms with Crippen molar-refractivity contribution >= 4 is 22.4 Å². The zero-order chi connectivity index (χ0) is 19.8. The van der Waals surface area contributed by atoms with Crippen LogP contribution in [0.4, 0.5) is 24.7 Å². The molecule has 0 saturated carbocycles. The summed E-state index contributed by atoms with van der Waals surface area (Å²) in [6, 6.07) is 9.62. The summed E-state index contributed by atoms with van der Waals surface area (Å²) in [6.07, 6.45) is -4.38. The highest BCUT2D eigenvalue weighted by Gasteiger charge is 2.33. The summed E-state index contributed by atoms with van der Waals surface area (Å²) in [5.74, 6) is 1.19. The molecule has 1 aromatic heterocycles. The first-order chi connectivity index (χ1) is 12.7. The lowest BCUT2D eigenvalue weighted by atomic mass is 9.97. The van der Waals surface area contributed by atoms with Crippen LogP contribution < -0.4 is 10.6 Å². The molecule has 0 aliphatic carbocycles. The van der Waals surface area contributed by atoms with E-state index in [2.05, 4.69) is 20.6 Å². The standard InChI is InChI=1S/C20H21F3N4/c1-11-15(6-5-7-17(11)20(21,22)23)12(2)25-19-16-10-14(24-4)8-9-18(16)26-13(3)27-19/h5-10,12,24H,1-4H3,(H,25,26,27)/t12-/m1/s1. The molecule has 3 aromatic rings. The second-order valence-electron chi connectivity index (χ2n) is 6.48. The van der Waals surface area contributed by atoms with Crippen molar-refractivity contribution in [3.8, 4) is 0 Å². The van der Waals surface area contributed by atoms with Crippen molar-refractivity contribution in [1.29, 1.82) is 0 Å². The number of rotatable bonds is 4. The minimum Gasteiger partial charge on any atom is -0.388 e. The minimum absolute atomic E-state index is 0.219. The topological polar surface area (TPSA) is 49.8 Å². The van der Waals surface area contributed by atoms with Gasteiger partial charge in [0.25, 0.3) is 0 Å². The largest absolute Gasteiger partial charge is 0.416 e. The Morgan fingerprint density at radius 1 is 1.04 bits per heavy atom. The van der Waals surface area contributed by atoms with Crippen LogP contribution in [0.25, 0.3) is 10.9 Å². The lowest BCUT2D eigenvalue weighted by molar-refractivity contribution is -0.138. The number of aryl methyl sites for hydroxylation is 1. The molecule has 1 atom stereocenters. The molecule has 7 heteroatoms. The van der Waals surface area contributed by atoms with Crippen molar-refractivity contribution in [1.82, 2.24) is 9.97 Å². The maximum Gasteiger partial charge on any atom is 0.416 e. The summed E-state index contributed by atoms with van der Waals surface area (Å²) in [6.45, 7) is 5.11. The Balaban J connectivity index is 2.03. The fourth-order valence-electron chi connectivity index (χ4n) is 3.22. The summed E-state index contributed by atoms with van der Waals surface area (Å²) < 4.78 is 39.6. The lowest BCUT2D eigenvalue weighted by Gasteiger charge is -2.21. The molecule has 4 nitrogen and oxygen atoms in total. The number of nitrogens with zero attached hydrogens (tertiary/aromatic N) is 2. The van der Waals surface area contributed by atoms with Gasteiger partial charge in [-0.05, 0) is 56.2 Å². The van der Waals surface area contributed by atoms with E-state index in [1.54, 1.807) is 13.0 Å². The number of fused-ring (bicyclic) bond motifs is 1. The van der Waals surface area contributed by atoms with Crippen molar-refractivity contribution < 1.29 is 13.2 Å². The first-order valence-electron chi connectivity index (χ1n) is 8.60. The zero-order valence-corrected chi connectivity index (χ0v) is 15.6. The number of hydrogen-bond acceptors (Lipinski definition) is 4. The maximum absolute atomic E-state index is 13.2. The molecule has 0 unspecified atom stereocenters. The molecule has 0 aliphatic heterocycles. The van der Waals surface area contributed by atoms with Crippen LogP contribution in [0.2, 0.25) is 0 Å². The van der Waals surface area contributed by atoms with Gasteiger partial charge in [-0.15, -0.1) is 0 Å². The van der Waals surface area contributed by atoms with Gasteiger partial charge in [0, 0.05) is 18.1 Å². The SMILES string of the molecule is CNc1ccc2nc(C)nc(N[C@H](C)c3cccc(C(F)(F)F)c3C)c2c1. The van der Waals surface area contributed by atoms with Gasteiger partial charge in [0.05, 0.1) is 17.1 Å². The Labute approximate surface area is 155 Å². The highest BCUT2D eigenvalue weighted by atomic mass is 19.4. The highest BCUT2D eigenvalue weighted by Crippen LogP contribution is 2.35. The van der Waals surface area contributed by atoms with Crippen LogP contribution >= 0.6 is 0 Å². The molecule has 0 saturated heterocycles. The predicted molar refractivity (Wildman–Crippen MR) is 102 cm³/mol. The lowest BCUT2D eigenvalue weighted by Crippen LogP contribution is -2.14. The second-order valence-corrected chi connectivity index (χ2v) is 6.48. The first kappa shape index (κ1) is 18.9. The molecule has 0 aliphatic rings. The van der Waals surface area contributed by atoms with Crippen molar-refractivity contribution in [2.75, 3.05) is 17.7 Å². The zero-order valence-electron chi connectivity index (χ0n) is 15.6. The summed E-state index contributed by atoms with van der Waals surface area (Å²) >= 11 is 0. The van der Waals surface area contributed by atoms with Gasteiger partial charge in [0.2, 0.25) is 0 Å². The van der Waals surface area contributed by atoms with Gasteiger partial charge in [0.1, 0.15) is 11.6 Å². The third kappa shape index (κ3) is 3.82. The number of nitrogens with one attached hydrogen (secondary N) is 2. The van der Waals surface area contributed by atoms with Crippen LogP contribution in [-0.4, -0.2) is 17.0 Å². The van der Waals surface area contributed by atoms with Gasteiger partial charge in [-0.2, -0.15) is 13.2 Å². The van der Waals surface area contributed by atoms with Gasteiger partial charge in [-0.3, -0.25) is 0 Å². The number of aromatic nitrogens is 2. The van der Waals surface area contributed by atoms with Gasteiger partial charge in [-0.25, -0.2) is 9.97 Å². The van der Waals surface area contributed by atoms with Crippen LogP contribution in [0, 0.1) is 13.8 Å². The van der Waals surface area contributed by atoms with Crippen molar-refractivity contribution in [2.45, 2.75) is 33.0 Å². The molecule has 142 valence electrons. The Morgan fingerprint density at radius 2 is 1.78 bits per heavy atom. The van der Waals surface area contributed by atoms with Gasteiger partial charge < -0.3 is 10.6 Å². The summed E-state index contributed by atoms with van der Waals surface area (Å²) in [4.78, 5) is 8.90. The van der Waals surface area contributed by atoms with E-state index in [4.69, 9.17) is 0 Å². The van der Waals surface area contributed by atoms with Crippen LogP contribution in [0.3, 0.4) is 0 Å². The highest BCUT2D eigenvalue weighted by molar-refractivity contribution is 5.91. The molecule has 0 radical (unpaired) electrons. The van der Waals surface area contributed by atoms with E-state index in [0.29, 0.717) is 17.2 Å². The molecule has 0 amide bonds. The second kappa shape index (κ2) is 7.06. The summed E-state index contributed by atoms with van der Waals surface area (Å²) in [5, 5.41) is 7.15. The molecule has 0 spiro atoms. The molecule has 27 heavy (non-hydrogen) atoms. The number of benzene rings is 2. The van der Waals surface area contributed by atoms with E-state index in [0.717, 1.165) is 22.7 Å². The Morgan fingerprint density at radius 3 is 2.44 bits per heavy atom. The quantitative estimate of drug-likeness (QED) is 0.635. The molecule has 0 bridgehead atoms. The van der Waals surface area contributed by atoms with E-state index in [1.807, 2.05) is 32.2 Å². The fraction of sp³-hybridized carbons (Fsp3) is 0.300. The molecule has 2 N–H and O–H groups in total. The molecular formula is C20H21F3N4. The Bertz CT molecular complexity index is 983. The van der Waals surface area contributed by atoms with Crippen LogP contribution in [0.1, 0.15) is 35.5 Å². The van der Waals surface area contributed by atoms with E-state index in [9.17, 15) is 13.2 Å². The first-order valence-corrected chi connectivity index (χ1v) is 8.60. The average molecular weight is 374 g/mol. The summed E-state index contributed by atoms with van der Waals surface area (Å²) in [7, 11) is 1.82. The number of anilines is 2. The average Bonchev–Trinajstić information content (AvgIpc) is 2.60. The van der Waals surface area contributed by atoms with Gasteiger partial charge >= 0.3 is 6.18 Å². The van der Waals surface area contributed by atoms with Crippen LogP contribution in [0.5, 0.6) is 0 Å². The fourth-order valence-corrected chi connectivity index (χ4v) is 3.22. The molecule has 0 fully saturated rings. The van der Waals surface area contributed by atoms with Crippen molar-refractivity contribution in [3.63, 3.8) is 0 Å². The van der Waals surface area contributed by atoms with Gasteiger partial charge in [0.15, 0.2) is 0 Å². The van der Waals surface area contributed by atoms with E-state index < -0.39 is 11.7 Å². The van der Waals surface area contributed by atoms with E-state index >= 15 is 0 Å². The molecular weight excluding hydrogens is 353 g/mol. The van der Waals surface area contributed by atoms with Crippen LogP contribution in [-0.2, 0) is 6.18 Å². The number of hydrogen-bond donors (Lipinski definition) is 2.